The highest BCUT2D eigenvalue weighted by molar-refractivity contribution is 5.92. The van der Waals surface area contributed by atoms with Gasteiger partial charge in [-0.25, -0.2) is 0 Å². The van der Waals surface area contributed by atoms with Crippen molar-refractivity contribution in [2.45, 2.75) is 25.9 Å². The van der Waals surface area contributed by atoms with Gasteiger partial charge in [-0.2, -0.15) is 13.2 Å². The Labute approximate surface area is 97.0 Å². The second kappa shape index (κ2) is 4.05. The van der Waals surface area contributed by atoms with E-state index in [1.165, 1.54) is 17.9 Å². The molecule has 2 rings (SSSR count). The third-order valence-corrected chi connectivity index (χ3v) is 2.91. The summed E-state index contributed by atoms with van der Waals surface area (Å²) in [4.78, 5) is 12.8. The molecule has 0 bridgehead atoms. The molecule has 2 nitrogen and oxygen atoms in total. The zero-order chi connectivity index (χ0) is 12.6. The quantitative estimate of drug-likeness (QED) is 0.686. The number of carbonyl (C=O) groups excluding carboxylic acids is 1. The minimum absolute atomic E-state index is 0.217. The molecule has 1 aliphatic rings. The number of nitrogens with zero attached hydrogens (tertiary/aromatic N) is 1. The van der Waals surface area contributed by atoms with E-state index < -0.39 is 11.7 Å². The van der Waals surface area contributed by atoms with E-state index in [0.717, 1.165) is 30.5 Å². The summed E-state index contributed by atoms with van der Waals surface area (Å²) in [6.07, 6.45) is -2.86. The molecule has 0 unspecified atom stereocenters. The van der Waals surface area contributed by atoms with E-state index in [0.29, 0.717) is 12.2 Å². The number of alkyl halides is 3. The van der Waals surface area contributed by atoms with Crippen molar-refractivity contribution in [2.75, 3.05) is 11.4 Å². The summed E-state index contributed by atoms with van der Waals surface area (Å²) in [5, 5.41) is 0. The molecule has 0 aliphatic carbocycles. The molecule has 0 atom stereocenters. The molecule has 0 radical (unpaired) electrons. The maximum atomic E-state index is 12.6. The Morgan fingerprint density at radius 1 is 1.35 bits per heavy atom. The van der Waals surface area contributed by atoms with Crippen LogP contribution in [0.3, 0.4) is 0 Å². The van der Waals surface area contributed by atoms with Crippen LogP contribution in [0.1, 0.15) is 24.5 Å². The van der Waals surface area contributed by atoms with Crippen LogP contribution in [-0.4, -0.2) is 12.5 Å². The topological polar surface area (TPSA) is 20.3 Å². The molecule has 5 heteroatoms. The Hall–Kier alpha value is -1.52. The van der Waals surface area contributed by atoms with Crippen LogP contribution in [0, 0.1) is 0 Å². The van der Waals surface area contributed by atoms with Gasteiger partial charge in [0, 0.05) is 19.2 Å². The Kier molecular flexibility index (Phi) is 2.85. The Balaban J connectivity index is 2.48. The van der Waals surface area contributed by atoms with E-state index in [9.17, 15) is 18.0 Å². The highest BCUT2D eigenvalue weighted by atomic mass is 19.4. The molecule has 1 aromatic carbocycles. The lowest BCUT2D eigenvalue weighted by Gasteiger charge is -2.29. The monoisotopic (exact) mass is 243 g/mol. The maximum Gasteiger partial charge on any atom is 0.416 e. The number of hydrogen-bond donors (Lipinski definition) is 0. The first-order valence-electron chi connectivity index (χ1n) is 5.38. The van der Waals surface area contributed by atoms with Crippen molar-refractivity contribution >= 4 is 11.6 Å². The molecule has 0 spiro atoms. The van der Waals surface area contributed by atoms with Crippen molar-refractivity contribution in [3.05, 3.63) is 29.3 Å². The number of carbonyl (C=O) groups is 1. The van der Waals surface area contributed by atoms with Crippen molar-refractivity contribution in [1.82, 2.24) is 0 Å². The first kappa shape index (κ1) is 12.0. The highest BCUT2D eigenvalue weighted by Crippen LogP contribution is 2.35. The van der Waals surface area contributed by atoms with E-state index in [-0.39, 0.29) is 5.91 Å². The zero-order valence-electron chi connectivity index (χ0n) is 9.34. The Morgan fingerprint density at radius 3 is 2.65 bits per heavy atom. The van der Waals surface area contributed by atoms with Crippen LogP contribution in [0.2, 0.25) is 0 Å². The lowest BCUT2D eigenvalue weighted by molar-refractivity contribution is -0.137. The fraction of sp³-hybridized carbons (Fsp3) is 0.417. The summed E-state index contributed by atoms with van der Waals surface area (Å²) >= 11 is 0. The molecule has 0 saturated carbocycles. The molecule has 17 heavy (non-hydrogen) atoms. The summed E-state index contributed by atoms with van der Waals surface area (Å²) < 4.78 is 37.7. The third-order valence-electron chi connectivity index (χ3n) is 2.91. The van der Waals surface area contributed by atoms with Gasteiger partial charge in [0.25, 0.3) is 0 Å². The van der Waals surface area contributed by atoms with Crippen molar-refractivity contribution in [3.8, 4) is 0 Å². The maximum absolute atomic E-state index is 12.6. The van der Waals surface area contributed by atoms with Crippen molar-refractivity contribution in [3.63, 3.8) is 0 Å². The molecule has 0 N–H and O–H groups in total. The lowest BCUT2D eigenvalue weighted by atomic mass is 9.99. The van der Waals surface area contributed by atoms with E-state index in [2.05, 4.69) is 0 Å². The molecule has 1 amide bonds. The van der Waals surface area contributed by atoms with Gasteiger partial charge in [0.05, 0.1) is 5.56 Å². The number of halogens is 3. The van der Waals surface area contributed by atoms with Gasteiger partial charge in [-0.3, -0.25) is 4.79 Å². The second-order valence-corrected chi connectivity index (χ2v) is 4.12. The van der Waals surface area contributed by atoms with Gasteiger partial charge in [-0.1, -0.05) is 6.07 Å². The lowest BCUT2D eigenvalue weighted by Crippen LogP contribution is -2.33. The average Bonchev–Trinajstić information content (AvgIpc) is 2.26. The zero-order valence-corrected chi connectivity index (χ0v) is 9.34. The number of hydrogen-bond acceptors (Lipinski definition) is 1. The number of benzene rings is 1. The van der Waals surface area contributed by atoms with Crippen LogP contribution < -0.4 is 4.90 Å². The van der Waals surface area contributed by atoms with Gasteiger partial charge in [0.15, 0.2) is 0 Å². The van der Waals surface area contributed by atoms with Crippen molar-refractivity contribution in [1.29, 1.82) is 0 Å². The number of aryl methyl sites for hydroxylation is 1. The summed E-state index contributed by atoms with van der Waals surface area (Å²) in [5.74, 6) is -0.217. The molecule has 1 aliphatic heterocycles. The van der Waals surface area contributed by atoms with Gasteiger partial charge < -0.3 is 4.90 Å². The molecule has 0 saturated heterocycles. The minimum atomic E-state index is -4.37. The van der Waals surface area contributed by atoms with E-state index in [1.54, 1.807) is 0 Å². The largest absolute Gasteiger partial charge is 0.416 e. The first-order chi connectivity index (χ1) is 7.89. The highest BCUT2D eigenvalue weighted by Gasteiger charge is 2.32. The molecular formula is C12H12F3NO. The standard InChI is InChI=1S/C12H12F3NO/c1-8(17)16-6-2-3-9-4-5-10(7-11(9)16)12(13,14)15/h4-5,7H,2-3,6H2,1H3. The normalized spacial score (nSPS) is 15.6. The van der Waals surface area contributed by atoms with Crippen molar-refractivity contribution in [2.24, 2.45) is 0 Å². The summed E-state index contributed by atoms with van der Waals surface area (Å²) in [5.41, 5.74) is 0.502. The Bertz CT molecular complexity index is 454. The van der Waals surface area contributed by atoms with Crippen LogP contribution >= 0.6 is 0 Å². The van der Waals surface area contributed by atoms with E-state index in [4.69, 9.17) is 0 Å². The molecule has 0 fully saturated rings. The van der Waals surface area contributed by atoms with Crippen LogP contribution in [0.15, 0.2) is 18.2 Å². The van der Waals surface area contributed by atoms with Crippen LogP contribution in [0.25, 0.3) is 0 Å². The summed E-state index contributed by atoms with van der Waals surface area (Å²) in [6, 6.07) is 3.60. The van der Waals surface area contributed by atoms with E-state index in [1.807, 2.05) is 0 Å². The second-order valence-electron chi connectivity index (χ2n) is 4.12. The molecule has 92 valence electrons. The molecular weight excluding hydrogens is 231 g/mol. The summed E-state index contributed by atoms with van der Waals surface area (Å²) in [7, 11) is 0. The number of rotatable bonds is 0. The predicted molar refractivity (Wildman–Crippen MR) is 57.8 cm³/mol. The molecule has 1 aromatic rings. The summed E-state index contributed by atoms with van der Waals surface area (Å²) in [6.45, 7) is 1.86. The Morgan fingerprint density at radius 2 is 2.06 bits per heavy atom. The van der Waals surface area contributed by atoms with Gasteiger partial charge in [0.2, 0.25) is 5.91 Å². The van der Waals surface area contributed by atoms with E-state index >= 15 is 0 Å². The number of amides is 1. The smallest absolute Gasteiger partial charge is 0.312 e. The van der Waals surface area contributed by atoms with Gasteiger partial charge in [-0.05, 0) is 30.5 Å². The fourth-order valence-electron chi connectivity index (χ4n) is 2.08. The fourth-order valence-corrected chi connectivity index (χ4v) is 2.08. The molecule has 1 heterocycles. The van der Waals surface area contributed by atoms with Crippen LogP contribution in [0.5, 0.6) is 0 Å². The predicted octanol–water partition coefficient (Wildman–Crippen LogP) is 3.00. The number of anilines is 1. The van der Waals surface area contributed by atoms with Crippen LogP contribution in [-0.2, 0) is 17.4 Å². The minimum Gasteiger partial charge on any atom is -0.312 e. The SMILES string of the molecule is CC(=O)N1CCCc2ccc(C(F)(F)F)cc21. The third kappa shape index (κ3) is 2.28. The number of fused-ring (bicyclic) bond motifs is 1. The average molecular weight is 243 g/mol. The first-order valence-corrected chi connectivity index (χ1v) is 5.38. The van der Waals surface area contributed by atoms with Crippen molar-refractivity contribution < 1.29 is 18.0 Å². The van der Waals surface area contributed by atoms with Gasteiger partial charge in [-0.15, -0.1) is 0 Å². The van der Waals surface area contributed by atoms with Gasteiger partial charge >= 0.3 is 6.18 Å². The van der Waals surface area contributed by atoms with Crippen LogP contribution in [0.4, 0.5) is 18.9 Å². The molecule has 0 aromatic heterocycles. The van der Waals surface area contributed by atoms with Gasteiger partial charge in [0.1, 0.15) is 0 Å².